The molecule has 0 aromatic carbocycles. The van der Waals surface area contributed by atoms with Crippen LogP contribution in [0.4, 0.5) is 21.8 Å². The number of nitrogens with one attached hydrogen (secondary N) is 1. The van der Waals surface area contributed by atoms with E-state index in [1.165, 1.54) is 0 Å². The van der Waals surface area contributed by atoms with Crippen LogP contribution in [-0.2, 0) is 6.42 Å². The number of pyridine rings is 2. The Labute approximate surface area is 203 Å². The number of hydrogen-bond donors (Lipinski definition) is 1. The molecule has 5 heterocycles. The Morgan fingerprint density at radius 2 is 1.91 bits per heavy atom. The summed E-state index contributed by atoms with van der Waals surface area (Å²) in [5.74, 6) is 1.17. The van der Waals surface area contributed by atoms with Gasteiger partial charge in [-0.3, -0.25) is 0 Å². The average molecular weight is 471 g/mol. The van der Waals surface area contributed by atoms with Crippen molar-refractivity contribution in [1.82, 2.24) is 29.2 Å². The molecule has 8 nitrogen and oxygen atoms in total. The first-order chi connectivity index (χ1) is 17.1. The van der Waals surface area contributed by atoms with Gasteiger partial charge >= 0.3 is 0 Å². The van der Waals surface area contributed by atoms with E-state index in [0.717, 1.165) is 79.3 Å². The Morgan fingerprint density at radius 1 is 1.03 bits per heavy atom. The van der Waals surface area contributed by atoms with Crippen LogP contribution in [0.1, 0.15) is 29.7 Å². The summed E-state index contributed by atoms with van der Waals surface area (Å²) in [4.78, 5) is 22.7. The summed E-state index contributed by atoms with van der Waals surface area (Å²) in [5.41, 5.74) is 4.90. The quantitative estimate of drug-likeness (QED) is 0.485. The van der Waals surface area contributed by atoms with E-state index in [9.17, 15) is 4.39 Å². The van der Waals surface area contributed by atoms with Gasteiger partial charge in [0.25, 0.3) is 0 Å². The Morgan fingerprint density at radius 3 is 2.80 bits per heavy atom. The van der Waals surface area contributed by atoms with Crippen LogP contribution in [0.25, 0.3) is 11.2 Å². The Bertz CT molecular complexity index is 1400. The summed E-state index contributed by atoms with van der Waals surface area (Å²) in [6.45, 7) is 3.98. The van der Waals surface area contributed by atoms with Gasteiger partial charge in [-0.2, -0.15) is 0 Å². The SMILES string of the molecule is CN1CCN(c2cc(Nc3ncc4c(n3)CCCC=C4c3cc(F)c4nccn4c3)ccn2)CC1. The maximum absolute atomic E-state index is 14.6. The second kappa shape index (κ2) is 9.07. The predicted molar refractivity (Wildman–Crippen MR) is 134 cm³/mol. The van der Waals surface area contributed by atoms with Crippen LogP contribution >= 0.6 is 0 Å². The van der Waals surface area contributed by atoms with Gasteiger partial charge in [0.2, 0.25) is 5.95 Å². The van der Waals surface area contributed by atoms with E-state index in [4.69, 9.17) is 4.98 Å². The minimum absolute atomic E-state index is 0.326. The highest BCUT2D eigenvalue weighted by atomic mass is 19.1. The van der Waals surface area contributed by atoms with Gasteiger partial charge in [-0.25, -0.2) is 24.3 Å². The number of piperazine rings is 1. The first-order valence-electron chi connectivity index (χ1n) is 12.0. The highest BCUT2D eigenvalue weighted by molar-refractivity contribution is 5.81. The number of allylic oxidation sites excluding steroid dienone is 1. The highest BCUT2D eigenvalue weighted by Crippen LogP contribution is 2.31. The van der Waals surface area contributed by atoms with E-state index in [0.29, 0.717) is 11.6 Å². The fourth-order valence-corrected chi connectivity index (χ4v) is 4.76. The predicted octanol–water partition coefficient (Wildman–Crippen LogP) is 3.92. The second-order valence-corrected chi connectivity index (χ2v) is 9.12. The molecule has 2 aliphatic rings. The minimum Gasteiger partial charge on any atom is -0.354 e. The number of fused-ring (bicyclic) bond motifs is 2. The summed E-state index contributed by atoms with van der Waals surface area (Å²) in [6, 6.07) is 5.53. The number of aromatic nitrogens is 5. The smallest absolute Gasteiger partial charge is 0.227 e. The summed E-state index contributed by atoms with van der Waals surface area (Å²) >= 11 is 0. The molecule has 1 aliphatic carbocycles. The van der Waals surface area contributed by atoms with Crippen LogP contribution < -0.4 is 10.2 Å². The molecule has 0 saturated carbocycles. The number of halogens is 1. The third-order valence-electron chi connectivity index (χ3n) is 6.71. The zero-order chi connectivity index (χ0) is 23.8. The van der Waals surface area contributed by atoms with Crippen molar-refractivity contribution >= 4 is 28.7 Å². The summed E-state index contributed by atoms with van der Waals surface area (Å²) in [6.07, 6.45) is 13.8. The Hall–Kier alpha value is -3.85. The third kappa shape index (κ3) is 4.35. The molecule has 1 N–H and O–H groups in total. The number of anilines is 3. The van der Waals surface area contributed by atoms with Gasteiger partial charge in [-0.05, 0) is 44.0 Å². The molecule has 9 heteroatoms. The first-order valence-corrected chi connectivity index (χ1v) is 12.0. The third-order valence-corrected chi connectivity index (χ3v) is 6.71. The molecule has 4 aromatic heterocycles. The van der Waals surface area contributed by atoms with Crippen molar-refractivity contribution in [2.24, 2.45) is 0 Å². The molecule has 0 atom stereocenters. The molecule has 4 aromatic rings. The van der Waals surface area contributed by atoms with Gasteiger partial charge in [0.15, 0.2) is 11.5 Å². The van der Waals surface area contributed by atoms with Crippen LogP contribution in [0.5, 0.6) is 0 Å². The second-order valence-electron chi connectivity index (χ2n) is 9.12. The number of likely N-dealkylation sites (N-methyl/N-ethyl adjacent to an activating group) is 1. The molecule has 1 aliphatic heterocycles. The van der Waals surface area contributed by atoms with Gasteiger partial charge < -0.3 is 19.5 Å². The molecule has 0 radical (unpaired) electrons. The molecular weight excluding hydrogens is 443 g/mol. The highest BCUT2D eigenvalue weighted by Gasteiger charge is 2.19. The van der Waals surface area contributed by atoms with Crippen molar-refractivity contribution in [2.75, 3.05) is 43.4 Å². The molecule has 0 bridgehead atoms. The molecule has 178 valence electrons. The lowest BCUT2D eigenvalue weighted by molar-refractivity contribution is 0.312. The molecule has 6 rings (SSSR count). The van der Waals surface area contributed by atoms with Crippen LogP contribution in [0.3, 0.4) is 0 Å². The maximum atomic E-state index is 14.6. The number of imidazole rings is 1. The molecule has 1 saturated heterocycles. The normalized spacial score (nSPS) is 16.6. The molecule has 0 amide bonds. The lowest BCUT2D eigenvalue weighted by Crippen LogP contribution is -2.44. The molecule has 35 heavy (non-hydrogen) atoms. The van der Waals surface area contributed by atoms with E-state index >= 15 is 0 Å². The Kier molecular flexibility index (Phi) is 5.61. The standard InChI is InChI=1S/C26H27FN8/c1-33-10-12-34(13-11-33)24-15-19(6-7-28-24)31-26-30-16-21-20(4-2-3-5-23(21)32-26)18-14-22(27)25-29-8-9-35(25)17-18/h4,6-9,14-17H,2-3,5,10-13H2,1H3,(H,28,30,31,32). The van der Waals surface area contributed by atoms with Crippen molar-refractivity contribution in [3.8, 4) is 0 Å². The number of aryl methyl sites for hydroxylation is 1. The minimum atomic E-state index is -0.341. The topological polar surface area (TPSA) is 74.5 Å². The van der Waals surface area contributed by atoms with Gasteiger partial charge in [-0.15, -0.1) is 0 Å². The van der Waals surface area contributed by atoms with Gasteiger partial charge in [0, 0.05) is 80.0 Å². The zero-order valence-corrected chi connectivity index (χ0v) is 19.7. The largest absolute Gasteiger partial charge is 0.354 e. The molecule has 1 fully saturated rings. The number of hydrogen-bond acceptors (Lipinski definition) is 7. The summed E-state index contributed by atoms with van der Waals surface area (Å²) < 4.78 is 16.4. The average Bonchev–Trinajstić information content (AvgIpc) is 3.25. The van der Waals surface area contributed by atoms with E-state index in [1.54, 1.807) is 22.9 Å². The van der Waals surface area contributed by atoms with Crippen LogP contribution in [0.2, 0.25) is 0 Å². The van der Waals surface area contributed by atoms with Crippen LogP contribution in [0.15, 0.2) is 55.3 Å². The monoisotopic (exact) mass is 470 g/mol. The number of nitrogens with zero attached hydrogens (tertiary/aromatic N) is 7. The fraction of sp³-hybridized carbons (Fsp3) is 0.308. The van der Waals surface area contributed by atoms with Crippen molar-refractivity contribution in [3.63, 3.8) is 0 Å². The van der Waals surface area contributed by atoms with E-state index in [1.807, 2.05) is 24.7 Å². The fourth-order valence-electron chi connectivity index (χ4n) is 4.76. The van der Waals surface area contributed by atoms with Crippen molar-refractivity contribution in [3.05, 3.63) is 77.9 Å². The van der Waals surface area contributed by atoms with Crippen molar-refractivity contribution < 1.29 is 4.39 Å². The first kappa shape index (κ1) is 21.7. The van der Waals surface area contributed by atoms with E-state index in [2.05, 4.69) is 49.3 Å². The summed E-state index contributed by atoms with van der Waals surface area (Å²) in [5, 5.41) is 3.36. The van der Waals surface area contributed by atoms with Crippen molar-refractivity contribution in [1.29, 1.82) is 0 Å². The molecule has 0 spiro atoms. The van der Waals surface area contributed by atoms with Crippen molar-refractivity contribution in [2.45, 2.75) is 19.3 Å². The zero-order valence-electron chi connectivity index (χ0n) is 19.7. The van der Waals surface area contributed by atoms with E-state index in [-0.39, 0.29) is 5.82 Å². The van der Waals surface area contributed by atoms with Gasteiger partial charge in [-0.1, -0.05) is 6.08 Å². The molecular formula is C26H27FN8. The maximum Gasteiger partial charge on any atom is 0.227 e. The lowest BCUT2D eigenvalue weighted by atomic mass is 9.99. The Balaban J connectivity index is 1.27. The van der Waals surface area contributed by atoms with Crippen LogP contribution in [-0.4, -0.2) is 62.5 Å². The molecule has 0 unspecified atom stereocenters. The lowest BCUT2D eigenvalue weighted by Gasteiger charge is -2.33. The van der Waals surface area contributed by atoms with Gasteiger partial charge in [0.1, 0.15) is 5.82 Å². The van der Waals surface area contributed by atoms with Crippen LogP contribution in [0, 0.1) is 5.82 Å². The summed E-state index contributed by atoms with van der Waals surface area (Å²) in [7, 11) is 2.14. The van der Waals surface area contributed by atoms with E-state index < -0.39 is 0 Å². The van der Waals surface area contributed by atoms with Gasteiger partial charge in [0.05, 0.1) is 5.69 Å². The number of rotatable bonds is 4.